The molecule has 1 saturated carbocycles. The molecule has 1 amide bonds. The molecular weight excluding hydrogens is 221 g/mol. The Morgan fingerprint density at radius 2 is 2.29 bits per heavy atom. The highest BCUT2D eigenvalue weighted by molar-refractivity contribution is 5.76. The van der Waals surface area contributed by atoms with Crippen LogP contribution in [0.1, 0.15) is 24.8 Å². The molecule has 92 valence electrons. The summed E-state index contributed by atoms with van der Waals surface area (Å²) < 4.78 is 18.5. The average Bonchev–Trinajstić information content (AvgIpc) is 3.07. The van der Waals surface area contributed by atoms with Gasteiger partial charge >= 0.3 is 0 Å². The van der Waals surface area contributed by atoms with Gasteiger partial charge in [-0.05, 0) is 31.4 Å². The summed E-state index contributed by atoms with van der Waals surface area (Å²) in [7, 11) is 0. The second-order valence-corrected chi connectivity index (χ2v) is 4.35. The normalized spacial score (nSPS) is 14.5. The summed E-state index contributed by atoms with van der Waals surface area (Å²) >= 11 is 0. The highest BCUT2D eigenvalue weighted by Gasteiger charge is 2.22. The zero-order chi connectivity index (χ0) is 12.3. The second-order valence-electron chi connectivity index (χ2n) is 4.35. The SMILES string of the molecule is Cc1ccc(OCCC(=O)NC2CC2)cc1F. The zero-order valence-electron chi connectivity index (χ0n) is 9.83. The first-order chi connectivity index (χ1) is 8.15. The van der Waals surface area contributed by atoms with Crippen molar-refractivity contribution in [3.63, 3.8) is 0 Å². The Morgan fingerprint density at radius 1 is 1.53 bits per heavy atom. The number of halogens is 1. The summed E-state index contributed by atoms with van der Waals surface area (Å²) in [6, 6.07) is 5.08. The number of nitrogens with one attached hydrogen (secondary N) is 1. The van der Waals surface area contributed by atoms with Crippen LogP contribution in [-0.2, 0) is 4.79 Å². The van der Waals surface area contributed by atoms with Crippen LogP contribution in [0.4, 0.5) is 4.39 Å². The Morgan fingerprint density at radius 3 is 2.94 bits per heavy atom. The molecule has 0 unspecified atom stereocenters. The molecule has 0 aliphatic heterocycles. The first kappa shape index (κ1) is 11.9. The molecule has 1 fully saturated rings. The van der Waals surface area contributed by atoms with Crippen molar-refractivity contribution in [3.8, 4) is 5.75 Å². The fourth-order valence-corrected chi connectivity index (χ4v) is 1.45. The van der Waals surface area contributed by atoms with Crippen molar-refractivity contribution in [2.75, 3.05) is 6.61 Å². The van der Waals surface area contributed by atoms with E-state index in [-0.39, 0.29) is 18.3 Å². The van der Waals surface area contributed by atoms with Crippen LogP contribution in [0, 0.1) is 12.7 Å². The van der Waals surface area contributed by atoms with Gasteiger partial charge in [0.15, 0.2) is 0 Å². The number of benzene rings is 1. The topological polar surface area (TPSA) is 38.3 Å². The summed E-state index contributed by atoms with van der Waals surface area (Å²) in [5.41, 5.74) is 0.587. The molecule has 0 bridgehead atoms. The van der Waals surface area contributed by atoms with Crippen LogP contribution < -0.4 is 10.1 Å². The molecule has 1 N–H and O–H groups in total. The van der Waals surface area contributed by atoms with Gasteiger partial charge < -0.3 is 10.1 Å². The second kappa shape index (κ2) is 5.17. The van der Waals surface area contributed by atoms with Gasteiger partial charge in [-0.15, -0.1) is 0 Å². The van der Waals surface area contributed by atoms with Gasteiger partial charge in [0.2, 0.25) is 5.91 Å². The molecule has 0 saturated heterocycles. The van der Waals surface area contributed by atoms with Gasteiger partial charge in [0.1, 0.15) is 11.6 Å². The number of carbonyl (C=O) groups is 1. The molecule has 17 heavy (non-hydrogen) atoms. The predicted octanol–water partition coefficient (Wildman–Crippen LogP) is 2.18. The third-order valence-electron chi connectivity index (χ3n) is 2.68. The number of hydrogen-bond donors (Lipinski definition) is 1. The fraction of sp³-hybridized carbons (Fsp3) is 0.462. The summed E-state index contributed by atoms with van der Waals surface area (Å²) in [6.45, 7) is 1.98. The number of amides is 1. The molecule has 3 nitrogen and oxygen atoms in total. The number of hydrogen-bond acceptors (Lipinski definition) is 2. The van der Waals surface area contributed by atoms with Crippen molar-refractivity contribution in [3.05, 3.63) is 29.6 Å². The van der Waals surface area contributed by atoms with Gasteiger partial charge in [-0.2, -0.15) is 0 Å². The van der Waals surface area contributed by atoms with Crippen molar-refractivity contribution in [1.29, 1.82) is 0 Å². The quantitative estimate of drug-likeness (QED) is 0.852. The van der Waals surface area contributed by atoms with E-state index in [2.05, 4.69) is 5.32 Å². The van der Waals surface area contributed by atoms with Crippen molar-refractivity contribution in [1.82, 2.24) is 5.32 Å². The number of aryl methyl sites for hydroxylation is 1. The fourth-order valence-electron chi connectivity index (χ4n) is 1.45. The largest absolute Gasteiger partial charge is 0.493 e. The van der Waals surface area contributed by atoms with Crippen molar-refractivity contribution >= 4 is 5.91 Å². The minimum absolute atomic E-state index is 0.0000774. The Balaban J connectivity index is 1.73. The van der Waals surface area contributed by atoms with E-state index < -0.39 is 0 Å². The summed E-state index contributed by atoms with van der Waals surface area (Å²) in [5.74, 6) is 0.178. The van der Waals surface area contributed by atoms with E-state index in [4.69, 9.17) is 4.74 Å². The molecule has 1 aliphatic carbocycles. The van der Waals surface area contributed by atoms with Crippen molar-refractivity contribution in [2.45, 2.75) is 32.2 Å². The molecule has 4 heteroatoms. The molecule has 0 spiro atoms. The van der Waals surface area contributed by atoms with E-state index in [1.54, 1.807) is 19.1 Å². The van der Waals surface area contributed by atoms with E-state index in [1.807, 2.05) is 0 Å². The van der Waals surface area contributed by atoms with Gasteiger partial charge in [-0.25, -0.2) is 4.39 Å². The van der Waals surface area contributed by atoms with Crippen molar-refractivity contribution < 1.29 is 13.9 Å². The molecule has 0 radical (unpaired) electrons. The molecule has 1 aliphatic rings. The first-order valence-corrected chi connectivity index (χ1v) is 5.83. The molecule has 2 rings (SSSR count). The van der Waals surface area contributed by atoms with Crippen LogP contribution in [0.25, 0.3) is 0 Å². The van der Waals surface area contributed by atoms with Gasteiger partial charge in [-0.1, -0.05) is 6.07 Å². The van der Waals surface area contributed by atoms with Gasteiger partial charge in [0.25, 0.3) is 0 Å². The Kier molecular flexibility index (Phi) is 3.61. The van der Waals surface area contributed by atoms with Crippen LogP contribution in [0.15, 0.2) is 18.2 Å². The first-order valence-electron chi connectivity index (χ1n) is 5.83. The lowest BCUT2D eigenvalue weighted by Gasteiger charge is -2.07. The lowest BCUT2D eigenvalue weighted by Crippen LogP contribution is -2.26. The van der Waals surface area contributed by atoms with E-state index >= 15 is 0 Å². The molecular formula is C13H16FNO2. The highest BCUT2D eigenvalue weighted by Crippen LogP contribution is 2.19. The third kappa shape index (κ3) is 3.73. The van der Waals surface area contributed by atoms with Crippen LogP contribution >= 0.6 is 0 Å². The van der Waals surface area contributed by atoms with E-state index in [9.17, 15) is 9.18 Å². The summed E-state index contributed by atoms with van der Waals surface area (Å²) in [4.78, 5) is 11.3. The maximum absolute atomic E-state index is 13.2. The number of ether oxygens (including phenoxy) is 1. The monoisotopic (exact) mass is 237 g/mol. The zero-order valence-corrected chi connectivity index (χ0v) is 9.83. The smallest absolute Gasteiger partial charge is 0.223 e. The summed E-state index contributed by atoms with van der Waals surface area (Å²) in [5, 5.41) is 2.87. The molecule has 0 aromatic heterocycles. The Bertz CT molecular complexity index is 416. The van der Waals surface area contributed by atoms with Gasteiger partial charge in [0.05, 0.1) is 13.0 Å². The molecule has 1 aromatic carbocycles. The van der Waals surface area contributed by atoms with E-state index in [0.717, 1.165) is 12.8 Å². The lowest BCUT2D eigenvalue weighted by atomic mass is 10.2. The van der Waals surface area contributed by atoms with Gasteiger partial charge in [0, 0.05) is 12.1 Å². The summed E-state index contributed by atoms with van der Waals surface area (Å²) in [6.07, 6.45) is 2.47. The standard InChI is InChI=1S/C13H16FNO2/c1-9-2-5-11(8-12(9)14)17-7-6-13(16)15-10-3-4-10/h2,5,8,10H,3-4,6-7H2,1H3,(H,15,16). The van der Waals surface area contributed by atoms with Gasteiger partial charge in [-0.3, -0.25) is 4.79 Å². The Labute approximate surface area is 100.0 Å². The minimum atomic E-state index is -0.287. The van der Waals surface area contributed by atoms with E-state index in [1.165, 1.54) is 6.07 Å². The maximum atomic E-state index is 13.2. The predicted molar refractivity (Wildman–Crippen MR) is 62.4 cm³/mol. The van der Waals surface area contributed by atoms with Crippen LogP contribution in [0.5, 0.6) is 5.75 Å². The Hall–Kier alpha value is -1.58. The van der Waals surface area contributed by atoms with Crippen LogP contribution in [-0.4, -0.2) is 18.6 Å². The number of carbonyl (C=O) groups excluding carboxylic acids is 1. The number of rotatable bonds is 5. The highest BCUT2D eigenvalue weighted by atomic mass is 19.1. The third-order valence-corrected chi connectivity index (χ3v) is 2.68. The lowest BCUT2D eigenvalue weighted by molar-refractivity contribution is -0.121. The van der Waals surface area contributed by atoms with E-state index in [0.29, 0.717) is 23.8 Å². The molecule has 0 atom stereocenters. The van der Waals surface area contributed by atoms with Crippen LogP contribution in [0.2, 0.25) is 0 Å². The van der Waals surface area contributed by atoms with Crippen molar-refractivity contribution in [2.24, 2.45) is 0 Å². The minimum Gasteiger partial charge on any atom is -0.493 e. The average molecular weight is 237 g/mol. The maximum Gasteiger partial charge on any atom is 0.223 e. The molecule has 0 heterocycles. The molecule has 1 aromatic rings. The van der Waals surface area contributed by atoms with Crippen LogP contribution in [0.3, 0.4) is 0 Å².